The number of esters is 1. The lowest BCUT2D eigenvalue weighted by atomic mass is 10.2. The molecule has 13 heavy (non-hydrogen) atoms. The molecule has 0 aliphatic heterocycles. The van der Waals surface area contributed by atoms with Gasteiger partial charge < -0.3 is 9.26 Å². The molecule has 1 aromatic rings. The monoisotopic (exact) mass is 183 g/mol. The summed E-state index contributed by atoms with van der Waals surface area (Å²) in [5.41, 5.74) is 0.465. The van der Waals surface area contributed by atoms with Crippen LogP contribution in [0, 0.1) is 6.92 Å². The Balaban J connectivity index is 3.13. The Morgan fingerprint density at radius 1 is 1.46 bits per heavy atom. The summed E-state index contributed by atoms with van der Waals surface area (Å²) in [7, 11) is 1.24. The van der Waals surface area contributed by atoms with Crippen LogP contribution in [-0.2, 0) is 4.74 Å². The average Bonchev–Trinajstić information content (AvgIpc) is 2.46. The van der Waals surface area contributed by atoms with E-state index in [9.17, 15) is 9.59 Å². The first-order chi connectivity index (χ1) is 6.07. The molecule has 1 rings (SSSR count). The van der Waals surface area contributed by atoms with Crippen LogP contribution < -0.4 is 0 Å². The number of ether oxygens (including phenoxy) is 1. The van der Waals surface area contributed by atoms with Crippen molar-refractivity contribution in [3.8, 4) is 0 Å². The van der Waals surface area contributed by atoms with Crippen molar-refractivity contribution in [1.82, 2.24) is 5.16 Å². The highest BCUT2D eigenvalue weighted by Crippen LogP contribution is 2.13. The number of aromatic nitrogens is 1. The van der Waals surface area contributed by atoms with E-state index in [-0.39, 0.29) is 17.2 Å². The summed E-state index contributed by atoms with van der Waals surface area (Å²) in [6, 6.07) is 0. The van der Waals surface area contributed by atoms with Crippen LogP contribution in [0.15, 0.2) is 4.52 Å². The van der Waals surface area contributed by atoms with E-state index in [4.69, 9.17) is 0 Å². The standard InChI is InChI=1S/C8H9NO4/c1-4-6(8(11)12-3)9-13-7(4)5(2)10/h1-3H3. The molecule has 0 saturated heterocycles. The van der Waals surface area contributed by atoms with Gasteiger partial charge in [0.2, 0.25) is 5.76 Å². The lowest BCUT2D eigenvalue weighted by Crippen LogP contribution is -2.04. The maximum atomic E-state index is 11.0. The van der Waals surface area contributed by atoms with Gasteiger partial charge in [-0.2, -0.15) is 0 Å². The topological polar surface area (TPSA) is 69.4 Å². The van der Waals surface area contributed by atoms with Crippen LogP contribution in [-0.4, -0.2) is 24.0 Å². The number of methoxy groups -OCH3 is 1. The highest BCUT2D eigenvalue weighted by Gasteiger charge is 2.21. The van der Waals surface area contributed by atoms with Crippen molar-refractivity contribution in [1.29, 1.82) is 0 Å². The summed E-state index contributed by atoms with van der Waals surface area (Å²) in [5.74, 6) is -0.769. The van der Waals surface area contributed by atoms with E-state index in [1.54, 1.807) is 6.92 Å². The maximum Gasteiger partial charge on any atom is 0.360 e. The molecule has 1 aromatic heterocycles. The highest BCUT2D eigenvalue weighted by molar-refractivity contribution is 5.97. The molecule has 1 heterocycles. The largest absolute Gasteiger partial charge is 0.464 e. The Labute approximate surface area is 74.7 Å². The molecule has 0 N–H and O–H groups in total. The molecule has 0 fully saturated rings. The van der Waals surface area contributed by atoms with Crippen LogP contribution >= 0.6 is 0 Å². The predicted octanol–water partition coefficient (Wildman–Crippen LogP) is 0.972. The average molecular weight is 183 g/mol. The molecule has 0 saturated carbocycles. The van der Waals surface area contributed by atoms with Gasteiger partial charge in [-0.3, -0.25) is 4.79 Å². The molecule has 5 heteroatoms. The van der Waals surface area contributed by atoms with Crippen molar-refractivity contribution in [3.05, 3.63) is 17.0 Å². The van der Waals surface area contributed by atoms with Crippen LogP contribution in [0.2, 0.25) is 0 Å². The van der Waals surface area contributed by atoms with Gasteiger partial charge in [0.05, 0.1) is 7.11 Å². The van der Waals surface area contributed by atoms with Crippen LogP contribution in [0.4, 0.5) is 0 Å². The Hall–Kier alpha value is -1.65. The zero-order valence-electron chi connectivity index (χ0n) is 7.58. The van der Waals surface area contributed by atoms with Crippen molar-refractivity contribution in [2.75, 3.05) is 7.11 Å². The van der Waals surface area contributed by atoms with Crippen molar-refractivity contribution in [2.24, 2.45) is 0 Å². The van der Waals surface area contributed by atoms with E-state index in [0.717, 1.165) is 0 Å². The Morgan fingerprint density at radius 3 is 2.46 bits per heavy atom. The van der Waals surface area contributed by atoms with Crippen molar-refractivity contribution in [3.63, 3.8) is 0 Å². The third-order valence-electron chi connectivity index (χ3n) is 1.62. The fourth-order valence-electron chi connectivity index (χ4n) is 0.951. The molecule has 0 atom stereocenters. The molecule has 0 aliphatic rings. The van der Waals surface area contributed by atoms with Gasteiger partial charge in [0.25, 0.3) is 0 Å². The number of carbonyl (C=O) groups is 2. The summed E-state index contributed by atoms with van der Waals surface area (Å²) in [6.45, 7) is 2.92. The lowest BCUT2D eigenvalue weighted by molar-refractivity contribution is 0.0588. The van der Waals surface area contributed by atoms with E-state index in [1.807, 2.05) is 0 Å². The lowest BCUT2D eigenvalue weighted by Gasteiger charge is -1.93. The van der Waals surface area contributed by atoms with Crippen LogP contribution in [0.1, 0.15) is 33.5 Å². The van der Waals surface area contributed by atoms with Crippen LogP contribution in [0.25, 0.3) is 0 Å². The number of rotatable bonds is 2. The molecule has 70 valence electrons. The van der Waals surface area contributed by atoms with Gasteiger partial charge in [-0.15, -0.1) is 0 Å². The summed E-state index contributed by atoms with van der Waals surface area (Å²) in [5, 5.41) is 3.44. The second-order valence-electron chi connectivity index (χ2n) is 2.53. The van der Waals surface area contributed by atoms with E-state index in [0.29, 0.717) is 5.56 Å². The number of carbonyl (C=O) groups excluding carboxylic acids is 2. The molecular weight excluding hydrogens is 174 g/mol. The molecular formula is C8H9NO4. The Morgan fingerprint density at radius 2 is 2.08 bits per heavy atom. The van der Waals surface area contributed by atoms with E-state index < -0.39 is 5.97 Å². The maximum absolute atomic E-state index is 11.0. The van der Waals surface area contributed by atoms with Crippen molar-refractivity contribution >= 4 is 11.8 Å². The zero-order valence-corrected chi connectivity index (χ0v) is 7.58. The van der Waals surface area contributed by atoms with Crippen molar-refractivity contribution in [2.45, 2.75) is 13.8 Å². The molecule has 0 unspecified atom stereocenters. The number of hydrogen-bond acceptors (Lipinski definition) is 5. The normalized spacial score (nSPS) is 9.77. The summed E-state index contributed by atoms with van der Waals surface area (Å²) in [4.78, 5) is 21.9. The highest BCUT2D eigenvalue weighted by atomic mass is 16.5. The van der Waals surface area contributed by atoms with E-state index in [2.05, 4.69) is 14.4 Å². The Bertz CT molecular complexity index is 353. The molecule has 0 radical (unpaired) electrons. The van der Waals surface area contributed by atoms with Crippen LogP contribution in [0.3, 0.4) is 0 Å². The number of nitrogens with zero attached hydrogens (tertiary/aromatic N) is 1. The van der Waals surface area contributed by atoms with Gasteiger partial charge in [-0.25, -0.2) is 4.79 Å². The fourth-order valence-corrected chi connectivity index (χ4v) is 0.951. The zero-order chi connectivity index (χ0) is 10.0. The number of ketones is 1. The first kappa shape index (κ1) is 9.44. The second-order valence-corrected chi connectivity index (χ2v) is 2.53. The Kier molecular flexibility index (Phi) is 2.46. The number of hydrogen-bond donors (Lipinski definition) is 0. The first-order valence-corrected chi connectivity index (χ1v) is 3.63. The van der Waals surface area contributed by atoms with Gasteiger partial charge >= 0.3 is 5.97 Å². The van der Waals surface area contributed by atoms with E-state index in [1.165, 1.54) is 14.0 Å². The number of Topliss-reactive ketones (excluding diaryl/α,β-unsaturated/α-hetero) is 1. The van der Waals surface area contributed by atoms with Crippen LogP contribution in [0.5, 0.6) is 0 Å². The van der Waals surface area contributed by atoms with Gasteiger partial charge in [-0.05, 0) is 6.92 Å². The second kappa shape index (κ2) is 3.38. The smallest absolute Gasteiger partial charge is 0.360 e. The summed E-state index contributed by atoms with van der Waals surface area (Å²) in [6.07, 6.45) is 0. The third kappa shape index (κ3) is 1.58. The van der Waals surface area contributed by atoms with E-state index >= 15 is 0 Å². The minimum absolute atomic E-state index is 0.0488. The first-order valence-electron chi connectivity index (χ1n) is 3.63. The van der Waals surface area contributed by atoms with Crippen molar-refractivity contribution < 1.29 is 18.8 Å². The molecule has 5 nitrogen and oxygen atoms in total. The van der Waals surface area contributed by atoms with Gasteiger partial charge in [0.1, 0.15) is 0 Å². The minimum Gasteiger partial charge on any atom is -0.464 e. The van der Waals surface area contributed by atoms with Gasteiger partial charge in [-0.1, -0.05) is 5.16 Å². The predicted molar refractivity (Wildman–Crippen MR) is 42.6 cm³/mol. The van der Waals surface area contributed by atoms with Gasteiger partial charge in [0, 0.05) is 12.5 Å². The molecule has 0 bridgehead atoms. The third-order valence-corrected chi connectivity index (χ3v) is 1.62. The molecule has 0 spiro atoms. The fraction of sp³-hybridized carbons (Fsp3) is 0.375. The molecule has 0 aliphatic carbocycles. The summed E-state index contributed by atoms with van der Waals surface area (Å²) < 4.78 is 9.12. The quantitative estimate of drug-likeness (QED) is 0.504. The van der Waals surface area contributed by atoms with Gasteiger partial charge in [0.15, 0.2) is 11.5 Å². The minimum atomic E-state index is -0.603. The molecule has 0 amide bonds. The molecule has 0 aromatic carbocycles. The SMILES string of the molecule is COC(=O)c1noc(C(C)=O)c1C. The summed E-state index contributed by atoms with van der Waals surface area (Å²) >= 11 is 0.